The first kappa shape index (κ1) is 16.5. The van der Waals surface area contributed by atoms with Gasteiger partial charge in [-0.2, -0.15) is 0 Å². The summed E-state index contributed by atoms with van der Waals surface area (Å²) < 4.78 is 5.78. The van der Waals surface area contributed by atoms with Crippen molar-refractivity contribution in [3.05, 3.63) is 40.3 Å². The number of nitrogens with zero attached hydrogens (tertiary/aromatic N) is 2. The molecule has 1 saturated carbocycles. The van der Waals surface area contributed by atoms with Crippen LogP contribution in [0, 0.1) is 5.92 Å². The van der Waals surface area contributed by atoms with Crippen molar-refractivity contribution in [1.82, 2.24) is 9.88 Å². The quantitative estimate of drug-likeness (QED) is 0.825. The topological polar surface area (TPSA) is 58.4 Å². The second-order valence-electron chi connectivity index (χ2n) is 6.89. The van der Waals surface area contributed by atoms with Crippen molar-refractivity contribution in [3.63, 3.8) is 0 Å². The van der Waals surface area contributed by atoms with Gasteiger partial charge in [0.25, 0.3) is 0 Å². The SMILES string of the molecule is CCN1CCc2nc(NC(=O)/C=C\c3ccc([C@@H]4C[C@@H]4C)o3)sc2C1. The van der Waals surface area contributed by atoms with Crippen LogP contribution in [-0.4, -0.2) is 28.9 Å². The van der Waals surface area contributed by atoms with Crippen molar-refractivity contribution in [2.75, 3.05) is 18.4 Å². The van der Waals surface area contributed by atoms with Crippen LogP contribution in [0.1, 0.15) is 48.3 Å². The Balaban J connectivity index is 1.36. The van der Waals surface area contributed by atoms with Gasteiger partial charge in [0.2, 0.25) is 5.91 Å². The van der Waals surface area contributed by atoms with E-state index in [1.54, 1.807) is 17.4 Å². The van der Waals surface area contributed by atoms with Gasteiger partial charge in [-0.25, -0.2) is 4.98 Å². The zero-order valence-corrected chi connectivity index (χ0v) is 15.4. The van der Waals surface area contributed by atoms with Crippen molar-refractivity contribution < 1.29 is 9.21 Å². The van der Waals surface area contributed by atoms with E-state index in [4.69, 9.17) is 4.42 Å². The highest BCUT2D eigenvalue weighted by Crippen LogP contribution is 2.47. The first-order valence-corrected chi connectivity index (χ1v) is 9.73. The summed E-state index contributed by atoms with van der Waals surface area (Å²) in [6.07, 6.45) is 5.39. The molecule has 2 aromatic heterocycles. The van der Waals surface area contributed by atoms with Crippen LogP contribution in [0.4, 0.5) is 5.13 Å². The lowest BCUT2D eigenvalue weighted by atomic mass is 10.2. The van der Waals surface area contributed by atoms with Crippen LogP contribution in [0.3, 0.4) is 0 Å². The molecule has 4 rings (SSSR count). The molecule has 0 saturated heterocycles. The third-order valence-corrected chi connectivity index (χ3v) is 6.01. The Bertz CT molecular complexity index is 807. The second kappa shape index (κ2) is 6.77. The van der Waals surface area contributed by atoms with Crippen LogP contribution in [0.25, 0.3) is 6.08 Å². The molecule has 0 unspecified atom stereocenters. The minimum absolute atomic E-state index is 0.170. The molecule has 25 heavy (non-hydrogen) atoms. The molecule has 2 aromatic rings. The first-order valence-electron chi connectivity index (χ1n) is 8.92. The largest absolute Gasteiger partial charge is 0.461 e. The number of aromatic nitrogens is 1. The zero-order valence-electron chi connectivity index (χ0n) is 14.6. The average molecular weight is 357 g/mol. The smallest absolute Gasteiger partial charge is 0.250 e. The Kier molecular flexibility index (Phi) is 4.48. The Morgan fingerprint density at radius 3 is 3.12 bits per heavy atom. The molecule has 0 bridgehead atoms. The summed E-state index contributed by atoms with van der Waals surface area (Å²) in [7, 11) is 0. The van der Waals surface area contributed by atoms with Crippen molar-refractivity contribution in [2.45, 2.75) is 39.2 Å². The van der Waals surface area contributed by atoms with Crippen LogP contribution >= 0.6 is 11.3 Å². The van der Waals surface area contributed by atoms with Crippen LogP contribution in [0.2, 0.25) is 0 Å². The molecular formula is C19H23N3O2S. The summed E-state index contributed by atoms with van der Waals surface area (Å²) in [6, 6.07) is 3.94. The van der Waals surface area contributed by atoms with Crippen LogP contribution in [-0.2, 0) is 17.8 Å². The summed E-state index contributed by atoms with van der Waals surface area (Å²) in [4.78, 5) is 20.4. The van der Waals surface area contributed by atoms with E-state index in [2.05, 4.69) is 29.0 Å². The maximum atomic E-state index is 12.1. The third kappa shape index (κ3) is 3.70. The van der Waals surface area contributed by atoms with Gasteiger partial charge in [0.15, 0.2) is 5.13 Å². The molecule has 3 heterocycles. The minimum atomic E-state index is -0.170. The summed E-state index contributed by atoms with van der Waals surface area (Å²) in [5.41, 5.74) is 1.13. The van der Waals surface area contributed by atoms with Gasteiger partial charge in [-0.15, -0.1) is 11.3 Å². The predicted molar refractivity (Wildman–Crippen MR) is 99.7 cm³/mol. The van der Waals surface area contributed by atoms with Crippen LogP contribution < -0.4 is 5.32 Å². The standard InChI is InChI=1S/C19H23N3O2S/c1-3-22-9-8-15-17(11-22)25-19(20-15)21-18(23)7-5-13-4-6-16(24-13)14-10-12(14)2/h4-7,12,14H,3,8-11H2,1-2H3,(H,20,21,23)/b7-5-/t12-,14+/m0/s1. The lowest BCUT2D eigenvalue weighted by Gasteiger charge is -2.23. The van der Waals surface area contributed by atoms with E-state index in [1.807, 2.05) is 12.1 Å². The maximum Gasteiger partial charge on any atom is 0.250 e. The lowest BCUT2D eigenvalue weighted by Crippen LogP contribution is -2.29. The van der Waals surface area contributed by atoms with Crippen molar-refractivity contribution >= 4 is 28.5 Å². The number of hydrogen-bond acceptors (Lipinski definition) is 5. The normalized spacial score (nSPS) is 23.0. The monoisotopic (exact) mass is 357 g/mol. The van der Waals surface area contributed by atoms with Gasteiger partial charge in [0.1, 0.15) is 11.5 Å². The molecular weight excluding hydrogens is 334 g/mol. The van der Waals surface area contributed by atoms with E-state index in [0.717, 1.165) is 43.3 Å². The van der Waals surface area contributed by atoms with Gasteiger partial charge in [0.05, 0.1) is 5.69 Å². The Hall–Kier alpha value is -1.92. The highest BCUT2D eigenvalue weighted by molar-refractivity contribution is 7.15. The van der Waals surface area contributed by atoms with E-state index in [0.29, 0.717) is 17.0 Å². The molecule has 1 amide bonds. The molecule has 0 spiro atoms. The molecule has 1 N–H and O–H groups in total. The number of hydrogen-bond donors (Lipinski definition) is 1. The summed E-state index contributed by atoms with van der Waals surface area (Å²) in [5.74, 6) is 2.85. The Morgan fingerprint density at radius 2 is 2.36 bits per heavy atom. The van der Waals surface area contributed by atoms with Gasteiger partial charge in [-0.3, -0.25) is 15.0 Å². The van der Waals surface area contributed by atoms with Gasteiger partial charge < -0.3 is 4.42 Å². The number of furan rings is 1. The molecule has 0 aromatic carbocycles. The molecule has 2 atom stereocenters. The molecule has 132 valence electrons. The summed E-state index contributed by atoms with van der Waals surface area (Å²) in [6.45, 7) is 7.42. The fourth-order valence-corrected chi connectivity index (χ4v) is 4.31. The molecule has 6 heteroatoms. The third-order valence-electron chi connectivity index (χ3n) is 5.01. The number of thiazole rings is 1. The highest BCUT2D eigenvalue weighted by atomic mass is 32.1. The number of likely N-dealkylation sites (N-methyl/N-ethyl adjacent to an activating group) is 1. The fraction of sp³-hybridized carbons (Fsp3) is 0.474. The van der Waals surface area contributed by atoms with Crippen LogP contribution in [0.15, 0.2) is 22.6 Å². The van der Waals surface area contributed by atoms with Crippen molar-refractivity contribution in [3.8, 4) is 0 Å². The number of nitrogens with one attached hydrogen (secondary N) is 1. The lowest BCUT2D eigenvalue weighted by molar-refractivity contribution is -0.111. The average Bonchev–Trinajstić information content (AvgIpc) is 3.01. The molecule has 2 aliphatic rings. The number of rotatable bonds is 5. The van der Waals surface area contributed by atoms with Crippen LogP contribution in [0.5, 0.6) is 0 Å². The molecule has 1 fully saturated rings. The van der Waals surface area contributed by atoms with E-state index in [1.165, 1.54) is 17.4 Å². The van der Waals surface area contributed by atoms with E-state index in [-0.39, 0.29) is 5.91 Å². The second-order valence-corrected chi connectivity index (χ2v) is 7.97. The number of amides is 1. The minimum Gasteiger partial charge on any atom is -0.461 e. The number of anilines is 1. The fourth-order valence-electron chi connectivity index (χ4n) is 3.25. The molecule has 5 nitrogen and oxygen atoms in total. The Morgan fingerprint density at radius 1 is 1.52 bits per heavy atom. The van der Waals surface area contributed by atoms with E-state index >= 15 is 0 Å². The Labute approximate surface area is 151 Å². The summed E-state index contributed by atoms with van der Waals surface area (Å²) in [5, 5.41) is 3.56. The molecule has 1 aliphatic heterocycles. The van der Waals surface area contributed by atoms with E-state index < -0.39 is 0 Å². The number of carbonyl (C=O) groups is 1. The van der Waals surface area contributed by atoms with Crippen molar-refractivity contribution in [2.24, 2.45) is 5.92 Å². The van der Waals surface area contributed by atoms with Crippen molar-refractivity contribution in [1.29, 1.82) is 0 Å². The zero-order chi connectivity index (χ0) is 17.4. The van der Waals surface area contributed by atoms with Gasteiger partial charge >= 0.3 is 0 Å². The first-order chi connectivity index (χ1) is 12.1. The maximum absolute atomic E-state index is 12.1. The van der Waals surface area contributed by atoms with E-state index in [9.17, 15) is 4.79 Å². The number of fused-ring (bicyclic) bond motifs is 1. The highest BCUT2D eigenvalue weighted by Gasteiger charge is 2.36. The molecule has 1 aliphatic carbocycles. The summed E-state index contributed by atoms with van der Waals surface area (Å²) >= 11 is 1.58. The van der Waals surface area contributed by atoms with Gasteiger partial charge in [0, 0.05) is 36.4 Å². The predicted octanol–water partition coefficient (Wildman–Crippen LogP) is 3.89. The number of carbonyl (C=O) groups excluding carboxylic acids is 1. The van der Waals surface area contributed by atoms with Gasteiger partial charge in [-0.1, -0.05) is 13.8 Å². The van der Waals surface area contributed by atoms with Gasteiger partial charge in [-0.05, 0) is 37.1 Å². The molecule has 0 radical (unpaired) electrons.